The summed E-state index contributed by atoms with van der Waals surface area (Å²) in [5.74, 6) is 2.81. The Morgan fingerprint density at radius 1 is 1.19 bits per heavy atom. The van der Waals surface area contributed by atoms with Crippen molar-refractivity contribution in [2.45, 2.75) is 38.8 Å². The average molecular weight is 453 g/mol. The SMILES string of the molecule is CCOc1ccc(-c2n[nH]c(=S)n2CCC(=O)NC(c2ccc(OC)cc2)C2CC2)cc1. The van der Waals surface area contributed by atoms with Crippen LogP contribution in [-0.4, -0.2) is 34.4 Å². The van der Waals surface area contributed by atoms with E-state index < -0.39 is 0 Å². The number of nitrogens with one attached hydrogen (secondary N) is 2. The van der Waals surface area contributed by atoms with Gasteiger partial charge in [0.1, 0.15) is 11.5 Å². The van der Waals surface area contributed by atoms with Crippen LogP contribution in [0.1, 0.15) is 37.8 Å². The van der Waals surface area contributed by atoms with Crippen LogP contribution in [0.4, 0.5) is 0 Å². The van der Waals surface area contributed by atoms with Crippen LogP contribution in [0.2, 0.25) is 0 Å². The Kier molecular flexibility index (Phi) is 6.90. The molecule has 1 fully saturated rings. The third-order valence-electron chi connectivity index (χ3n) is 5.63. The second kappa shape index (κ2) is 9.99. The molecule has 0 radical (unpaired) electrons. The van der Waals surface area contributed by atoms with Gasteiger partial charge in [0.2, 0.25) is 5.91 Å². The maximum atomic E-state index is 12.8. The minimum atomic E-state index is -0.00142. The molecular formula is C24H28N4O3S. The fourth-order valence-electron chi connectivity index (χ4n) is 3.79. The summed E-state index contributed by atoms with van der Waals surface area (Å²) >= 11 is 5.41. The van der Waals surface area contributed by atoms with Crippen molar-refractivity contribution in [2.24, 2.45) is 5.92 Å². The number of H-pyrrole nitrogens is 1. The molecule has 0 aliphatic heterocycles. The average Bonchev–Trinajstić information content (AvgIpc) is 3.59. The van der Waals surface area contributed by atoms with Crippen LogP contribution in [-0.2, 0) is 11.3 Å². The fourth-order valence-corrected chi connectivity index (χ4v) is 4.01. The van der Waals surface area contributed by atoms with E-state index in [1.54, 1.807) is 7.11 Å². The van der Waals surface area contributed by atoms with E-state index in [2.05, 4.69) is 15.5 Å². The van der Waals surface area contributed by atoms with Crippen molar-refractivity contribution < 1.29 is 14.3 Å². The van der Waals surface area contributed by atoms with Gasteiger partial charge >= 0.3 is 0 Å². The van der Waals surface area contributed by atoms with Gasteiger partial charge < -0.3 is 14.8 Å². The number of rotatable bonds is 10. The molecule has 1 saturated carbocycles. The zero-order valence-corrected chi connectivity index (χ0v) is 19.2. The van der Waals surface area contributed by atoms with Crippen LogP contribution in [0.25, 0.3) is 11.4 Å². The number of aromatic amines is 1. The van der Waals surface area contributed by atoms with Crippen LogP contribution < -0.4 is 14.8 Å². The van der Waals surface area contributed by atoms with Crippen molar-refractivity contribution in [3.05, 3.63) is 58.9 Å². The minimum absolute atomic E-state index is 0.00142. The van der Waals surface area contributed by atoms with E-state index in [-0.39, 0.29) is 11.9 Å². The maximum Gasteiger partial charge on any atom is 0.222 e. The quantitative estimate of drug-likeness (QED) is 0.437. The van der Waals surface area contributed by atoms with Crippen molar-refractivity contribution in [1.82, 2.24) is 20.1 Å². The van der Waals surface area contributed by atoms with Gasteiger partial charge in [0.05, 0.1) is 19.8 Å². The summed E-state index contributed by atoms with van der Waals surface area (Å²) in [5, 5.41) is 10.4. The van der Waals surface area contributed by atoms with E-state index in [1.807, 2.05) is 60.0 Å². The molecule has 1 aromatic heterocycles. The number of amides is 1. The molecule has 0 saturated heterocycles. The first-order chi connectivity index (χ1) is 15.6. The highest BCUT2D eigenvalue weighted by Crippen LogP contribution is 2.41. The van der Waals surface area contributed by atoms with E-state index in [4.69, 9.17) is 21.7 Å². The van der Waals surface area contributed by atoms with Crippen LogP contribution in [0.3, 0.4) is 0 Å². The Labute approximate surface area is 192 Å². The zero-order chi connectivity index (χ0) is 22.5. The summed E-state index contributed by atoms with van der Waals surface area (Å²) in [4.78, 5) is 12.8. The molecule has 2 N–H and O–H groups in total. The maximum absolute atomic E-state index is 12.8. The second-order valence-corrected chi connectivity index (χ2v) is 8.25. The van der Waals surface area contributed by atoms with Gasteiger partial charge in [-0.3, -0.25) is 14.5 Å². The normalized spacial score (nSPS) is 14.1. The predicted octanol–water partition coefficient (Wildman–Crippen LogP) is 4.67. The lowest BCUT2D eigenvalue weighted by atomic mass is 10.0. The highest BCUT2D eigenvalue weighted by molar-refractivity contribution is 7.71. The van der Waals surface area contributed by atoms with Crippen LogP contribution in [0, 0.1) is 10.7 Å². The number of hydrogen-bond acceptors (Lipinski definition) is 5. The summed E-state index contributed by atoms with van der Waals surface area (Å²) in [6, 6.07) is 15.6. The molecule has 168 valence electrons. The zero-order valence-electron chi connectivity index (χ0n) is 18.3. The minimum Gasteiger partial charge on any atom is -0.497 e. The van der Waals surface area contributed by atoms with Crippen LogP contribution >= 0.6 is 12.2 Å². The first-order valence-corrected chi connectivity index (χ1v) is 11.3. The first kappa shape index (κ1) is 22.1. The molecule has 3 aromatic rings. The van der Waals surface area contributed by atoms with Crippen molar-refractivity contribution in [2.75, 3.05) is 13.7 Å². The molecule has 1 aliphatic rings. The third-order valence-corrected chi connectivity index (χ3v) is 5.94. The number of nitrogens with zero attached hydrogens (tertiary/aromatic N) is 2. The molecule has 8 heteroatoms. The number of benzene rings is 2. The van der Waals surface area contributed by atoms with E-state index in [0.717, 1.165) is 35.5 Å². The van der Waals surface area contributed by atoms with Gasteiger partial charge in [0, 0.05) is 18.5 Å². The standard InChI is InChI=1S/C24H28N4O3S/c1-3-31-20-12-8-18(9-13-20)23-26-27-24(32)28(23)15-14-21(29)25-22(16-4-5-16)17-6-10-19(30-2)11-7-17/h6-13,16,22H,3-5,14-15H2,1-2H3,(H,25,29)(H,27,32). The summed E-state index contributed by atoms with van der Waals surface area (Å²) in [6.07, 6.45) is 2.58. The molecule has 32 heavy (non-hydrogen) atoms. The number of carbonyl (C=O) groups is 1. The van der Waals surface area contributed by atoms with Crippen molar-refractivity contribution in [3.63, 3.8) is 0 Å². The van der Waals surface area contributed by atoms with Crippen molar-refractivity contribution in [3.8, 4) is 22.9 Å². The fraction of sp³-hybridized carbons (Fsp3) is 0.375. The molecule has 0 bridgehead atoms. The number of hydrogen-bond donors (Lipinski definition) is 2. The monoisotopic (exact) mass is 452 g/mol. The molecule has 1 atom stereocenters. The van der Waals surface area contributed by atoms with Gasteiger partial charge in [0.25, 0.3) is 0 Å². The van der Waals surface area contributed by atoms with Gasteiger partial charge in [-0.05, 0) is 79.9 Å². The van der Waals surface area contributed by atoms with E-state index in [0.29, 0.717) is 36.1 Å². The summed E-state index contributed by atoms with van der Waals surface area (Å²) in [6.45, 7) is 3.02. The number of methoxy groups -OCH3 is 1. The highest BCUT2D eigenvalue weighted by atomic mass is 32.1. The van der Waals surface area contributed by atoms with E-state index in [1.165, 1.54) is 0 Å². The topological polar surface area (TPSA) is 81.2 Å². The van der Waals surface area contributed by atoms with E-state index in [9.17, 15) is 4.79 Å². The lowest BCUT2D eigenvalue weighted by Crippen LogP contribution is -2.30. The van der Waals surface area contributed by atoms with Gasteiger partial charge in [-0.25, -0.2) is 0 Å². The van der Waals surface area contributed by atoms with Crippen LogP contribution in [0.15, 0.2) is 48.5 Å². The van der Waals surface area contributed by atoms with Gasteiger partial charge in [-0.2, -0.15) is 5.10 Å². The summed E-state index contributed by atoms with van der Waals surface area (Å²) < 4.78 is 13.1. The Balaban J connectivity index is 1.42. The Hall–Kier alpha value is -3.13. The van der Waals surface area contributed by atoms with Gasteiger partial charge in [-0.1, -0.05) is 12.1 Å². The number of aromatic nitrogens is 3. The summed E-state index contributed by atoms with van der Waals surface area (Å²) in [7, 11) is 1.65. The molecule has 1 unspecified atom stereocenters. The largest absolute Gasteiger partial charge is 0.497 e. The molecule has 1 aliphatic carbocycles. The molecule has 4 rings (SSSR count). The Morgan fingerprint density at radius 2 is 1.88 bits per heavy atom. The molecule has 1 heterocycles. The van der Waals surface area contributed by atoms with Crippen LogP contribution in [0.5, 0.6) is 11.5 Å². The lowest BCUT2D eigenvalue weighted by molar-refractivity contribution is -0.122. The number of ether oxygens (including phenoxy) is 2. The Bertz CT molecular complexity index is 1100. The lowest BCUT2D eigenvalue weighted by Gasteiger charge is -2.19. The predicted molar refractivity (Wildman–Crippen MR) is 125 cm³/mol. The molecular weight excluding hydrogens is 424 g/mol. The highest BCUT2D eigenvalue weighted by Gasteiger charge is 2.33. The molecule has 2 aromatic carbocycles. The summed E-state index contributed by atoms with van der Waals surface area (Å²) in [5.41, 5.74) is 2.02. The smallest absolute Gasteiger partial charge is 0.222 e. The van der Waals surface area contributed by atoms with Gasteiger partial charge in [-0.15, -0.1) is 0 Å². The van der Waals surface area contributed by atoms with E-state index >= 15 is 0 Å². The number of carbonyl (C=O) groups excluding carboxylic acids is 1. The Morgan fingerprint density at radius 3 is 2.50 bits per heavy atom. The third kappa shape index (κ3) is 5.19. The van der Waals surface area contributed by atoms with Crippen molar-refractivity contribution in [1.29, 1.82) is 0 Å². The molecule has 0 spiro atoms. The first-order valence-electron chi connectivity index (χ1n) is 10.9. The van der Waals surface area contributed by atoms with Crippen molar-refractivity contribution >= 4 is 18.1 Å². The van der Waals surface area contributed by atoms with Gasteiger partial charge in [0.15, 0.2) is 10.6 Å². The second-order valence-electron chi connectivity index (χ2n) is 7.87. The molecule has 1 amide bonds. The molecule has 7 nitrogen and oxygen atoms in total.